The number of fused-ring (bicyclic) bond motifs is 1. The van der Waals surface area contributed by atoms with E-state index in [1.54, 1.807) is 16.7 Å². The Morgan fingerprint density at radius 1 is 1.00 bits per heavy atom. The van der Waals surface area contributed by atoms with Crippen LogP contribution >= 0.6 is 22.9 Å². The van der Waals surface area contributed by atoms with Crippen LogP contribution in [0.5, 0.6) is 0 Å². The summed E-state index contributed by atoms with van der Waals surface area (Å²) in [5, 5.41) is 3.64. The van der Waals surface area contributed by atoms with Crippen molar-refractivity contribution in [2.24, 2.45) is 4.99 Å². The highest BCUT2D eigenvalue weighted by molar-refractivity contribution is 7.07. The number of carbonyl (C=O) groups excluding carboxylic acids is 1. The van der Waals surface area contributed by atoms with Crippen molar-refractivity contribution in [1.29, 1.82) is 0 Å². The number of halogens is 1. The third-order valence-electron chi connectivity index (χ3n) is 6.78. The molecule has 8 heteroatoms. The minimum Gasteiger partial charge on any atom is -0.457 e. The van der Waals surface area contributed by atoms with E-state index in [2.05, 4.69) is 5.32 Å². The number of hydrogen-bond acceptors (Lipinski definition) is 5. The lowest BCUT2D eigenvalue weighted by Crippen LogP contribution is -2.40. The summed E-state index contributed by atoms with van der Waals surface area (Å²) in [6, 6.07) is 27.6. The molecule has 198 valence electrons. The molecule has 1 amide bonds. The zero-order chi connectivity index (χ0) is 27.8. The van der Waals surface area contributed by atoms with Gasteiger partial charge in [-0.3, -0.25) is 14.2 Å². The van der Waals surface area contributed by atoms with E-state index in [9.17, 15) is 9.59 Å². The average Bonchev–Trinajstić information content (AvgIpc) is 3.54. The monoisotopic (exact) mass is 565 g/mol. The van der Waals surface area contributed by atoms with Gasteiger partial charge in [0.1, 0.15) is 11.5 Å². The Balaban J connectivity index is 1.44. The Morgan fingerprint density at radius 3 is 2.55 bits per heavy atom. The van der Waals surface area contributed by atoms with Gasteiger partial charge in [-0.25, -0.2) is 4.99 Å². The van der Waals surface area contributed by atoms with E-state index in [-0.39, 0.29) is 11.5 Å². The molecule has 2 aromatic heterocycles. The Kier molecular flexibility index (Phi) is 6.84. The van der Waals surface area contributed by atoms with E-state index >= 15 is 0 Å². The van der Waals surface area contributed by atoms with Crippen LogP contribution in [0.15, 0.2) is 116 Å². The Hall–Kier alpha value is -4.46. The number of hydrogen-bond donors (Lipinski definition) is 1. The second-order valence-corrected chi connectivity index (χ2v) is 10.9. The average molecular weight is 566 g/mol. The molecule has 1 aliphatic heterocycles. The van der Waals surface area contributed by atoms with E-state index in [0.29, 0.717) is 42.8 Å². The Bertz CT molecular complexity index is 1970. The summed E-state index contributed by atoms with van der Waals surface area (Å²) in [5.74, 6) is 0.885. The fourth-order valence-corrected chi connectivity index (χ4v) is 6.04. The van der Waals surface area contributed by atoms with E-state index in [0.717, 1.165) is 16.7 Å². The van der Waals surface area contributed by atoms with Crippen LogP contribution in [0.4, 0.5) is 5.69 Å². The molecule has 0 spiro atoms. The third kappa shape index (κ3) is 4.85. The molecule has 6 rings (SSSR count). The second kappa shape index (κ2) is 10.6. The third-order valence-corrected chi connectivity index (χ3v) is 8.00. The van der Waals surface area contributed by atoms with E-state index < -0.39 is 6.04 Å². The van der Waals surface area contributed by atoms with Gasteiger partial charge in [-0.2, -0.15) is 0 Å². The molecule has 40 heavy (non-hydrogen) atoms. The van der Waals surface area contributed by atoms with Crippen molar-refractivity contribution in [2.45, 2.75) is 19.9 Å². The van der Waals surface area contributed by atoms with Crippen molar-refractivity contribution in [1.82, 2.24) is 4.57 Å². The van der Waals surface area contributed by atoms with Crippen LogP contribution in [-0.4, -0.2) is 10.5 Å². The van der Waals surface area contributed by atoms with Crippen molar-refractivity contribution < 1.29 is 9.21 Å². The number of para-hydroxylation sites is 1. The van der Waals surface area contributed by atoms with E-state index in [1.165, 1.54) is 11.3 Å². The highest BCUT2D eigenvalue weighted by atomic mass is 35.5. The predicted molar refractivity (Wildman–Crippen MR) is 159 cm³/mol. The number of benzene rings is 3. The molecule has 3 heterocycles. The normalized spacial score (nSPS) is 15.1. The van der Waals surface area contributed by atoms with Crippen LogP contribution in [0.2, 0.25) is 5.02 Å². The topological polar surface area (TPSA) is 76.6 Å². The lowest BCUT2D eigenvalue weighted by molar-refractivity contribution is -0.113. The van der Waals surface area contributed by atoms with Crippen LogP contribution in [0.25, 0.3) is 17.4 Å². The zero-order valence-electron chi connectivity index (χ0n) is 21.7. The van der Waals surface area contributed by atoms with Crippen LogP contribution < -0.4 is 20.2 Å². The van der Waals surface area contributed by atoms with Crippen molar-refractivity contribution in [3.8, 4) is 11.3 Å². The van der Waals surface area contributed by atoms with Gasteiger partial charge in [-0.1, -0.05) is 83.6 Å². The number of anilines is 1. The van der Waals surface area contributed by atoms with Crippen molar-refractivity contribution in [3.63, 3.8) is 0 Å². The molecule has 0 saturated heterocycles. The van der Waals surface area contributed by atoms with E-state index in [4.69, 9.17) is 21.0 Å². The molecule has 0 radical (unpaired) electrons. The molecule has 0 fully saturated rings. The summed E-state index contributed by atoms with van der Waals surface area (Å²) >= 11 is 7.41. The largest absolute Gasteiger partial charge is 0.457 e. The molecule has 0 bridgehead atoms. The highest BCUT2D eigenvalue weighted by Gasteiger charge is 2.32. The fraction of sp³-hybridized carbons (Fsp3) is 0.0938. The number of nitrogens with one attached hydrogen (secondary N) is 1. The number of rotatable bonds is 5. The zero-order valence-corrected chi connectivity index (χ0v) is 23.3. The molecule has 1 N–H and O–H groups in total. The molecule has 1 atom stereocenters. The molecule has 0 unspecified atom stereocenters. The smallest absolute Gasteiger partial charge is 0.271 e. The Morgan fingerprint density at radius 2 is 1.77 bits per heavy atom. The standard InChI is InChI=1S/C32H24ClN3O3S/c1-19-9-6-7-14-25(19)35-30(37)28-20(2)34-32-36(29(28)21-10-4-3-5-11-21)31(38)27(40-32)18-24-15-16-26(39-24)22-12-8-13-23(33)17-22/h3-18,29H,1-2H3,(H,35,37)/b27-18+/t29-/m0/s1. The van der Waals surface area contributed by atoms with Gasteiger partial charge in [0.15, 0.2) is 4.80 Å². The van der Waals surface area contributed by atoms with Crippen molar-refractivity contribution in [2.75, 3.05) is 5.32 Å². The van der Waals surface area contributed by atoms with Gasteiger partial charge in [0.2, 0.25) is 0 Å². The van der Waals surface area contributed by atoms with Gasteiger partial charge in [0.05, 0.1) is 21.8 Å². The molecule has 3 aromatic carbocycles. The first-order chi connectivity index (χ1) is 19.4. The van der Waals surface area contributed by atoms with Gasteiger partial charge in [-0.15, -0.1) is 0 Å². The number of nitrogens with zero attached hydrogens (tertiary/aromatic N) is 2. The number of carbonyl (C=O) groups is 1. The lowest BCUT2D eigenvalue weighted by atomic mass is 9.95. The van der Waals surface area contributed by atoms with Crippen LogP contribution in [-0.2, 0) is 4.79 Å². The van der Waals surface area contributed by atoms with Gasteiger partial charge in [0.25, 0.3) is 11.5 Å². The molecular weight excluding hydrogens is 542 g/mol. The Labute approximate surface area is 239 Å². The second-order valence-electron chi connectivity index (χ2n) is 9.47. The quantitative estimate of drug-likeness (QED) is 0.280. The van der Waals surface area contributed by atoms with Crippen LogP contribution in [0, 0.1) is 6.92 Å². The first-order valence-electron chi connectivity index (χ1n) is 12.7. The van der Waals surface area contributed by atoms with Crippen LogP contribution in [0.1, 0.15) is 29.9 Å². The SMILES string of the molecule is CC1=C(C(=O)Nc2ccccc2C)[C@H](c2ccccc2)n2c(s/c(=C/c3ccc(-c4cccc(Cl)c4)o3)c2=O)=N1. The molecule has 0 aliphatic carbocycles. The first kappa shape index (κ1) is 25.8. The maximum atomic E-state index is 13.9. The summed E-state index contributed by atoms with van der Waals surface area (Å²) < 4.78 is 8.09. The summed E-state index contributed by atoms with van der Waals surface area (Å²) in [6.07, 6.45) is 1.71. The molecular formula is C32H24ClN3O3S. The van der Waals surface area contributed by atoms with Gasteiger partial charge in [-0.05, 0) is 55.3 Å². The van der Waals surface area contributed by atoms with Crippen molar-refractivity contribution >= 4 is 40.6 Å². The number of thiazole rings is 1. The maximum absolute atomic E-state index is 13.9. The minimum atomic E-state index is -0.637. The van der Waals surface area contributed by atoms with Gasteiger partial charge < -0.3 is 9.73 Å². The molecule has 5 aromatic rings. The highest BCUT2D eigenvalue weighted by Crippen LogP contribution is 2.31. The van der Waals surface area contributed by atoms with Crippen LogP contribution in [0.3, 0.4) is 0 Å². The van der Waals surface area contributed by atoms with Crippen molar-refractivity contribution in [3.05, 3.63) is 144 Å². The number of furan rings is 1. The summed E-state index contributed by atoms with van der Waals surface area (Å²) in [7, 11) is 0. The maximum Gasteiger partial charge on any atom is 0.271 e. The first-order valence-corrected chi connectivity index (χ1v) is 13.9. The van der Waals surface area contributed by atoms with Gasteiger partial charge >= 0.3 is 0 Å². The number of allylic oxidation sites excluding steroid dienone is 1. The predicted octanol–water partition coefficient (Wildman–Crippen LogP) is 6.10. The number of aromatic nitrogens is 1. The van der Waals surface area contributed by atoms with Gasteiger partial charge in [0, 0.05) is 22.3 Å². The number of aryl methyl sites for hydroxylation is 1. The summed E-state index contributed by atoms with van der Waals surface area (Å²) in [4.78, 5) is 32.8. The molecule has 6 nitrogen and oxygen atoms in total. The lowest BCUT2D eigenvalue weighted by Gasteiger charge is -2.25. The van der Waals surface area contributed by atoms with E-state index in [1.807, 2.05) is 98.8 Å². The molecule has 1 aliphatic rings. The summed E-state index contributed by atoms with van der Waals surface area (Å²) in [5.41, 5.74) is 4.07. The molecule has 0 saturated carbocycles. The minimum absolute atomic E-state index is 0.244. The fourth-order valence-electron chi connectivity index (χ4n) is 4.82. The number of amides is 1. The summed E-state index contributed by atoms with van der Waals surface area (Å²) in [6.45, 7) is 3.75.